The summed E-state index contributed by atoms with van der Waals surface area (Å²) < 4.78 is 5.29. The molecule has 1 fully saturated rings. The maximum atomic E-state index is 13.2. The van der Waals surface area contributed by atoms with Gasteiger partial charge in [-0.3, -0.25) is 9.78 Å². The van der Waals surface area contributed by atoms with Gasteiger partial charge in [0.1, 0.15) is 0 Å². The molecule has 0 unspecified atom stereocenters. The molecular formula is C28H34ClN3O3. The van der Waals surface area contributed by atoms with Crippen LogP contribution in [0.4, 0.5) is 5.69 Å². The van der Waals surface area contributed by atoms with Crippen LogP contribution in [0.15, 0.2) is 36.5 Å². The molecule has 186 valence electrons. The lowest BCUT2D eigenvalue weighted by atomic mass is 9.85. The molecule has 0 saturated heterocycles. The van der Waals surface area contributed by atoms with E-state index >= 15 is 0 Å². The quantitative estimate of drug-likeness (QED) is 0.318. The van der Waals surface area contributed by atoms with Crippen LogP contribution in [-0.2, 0) is 0 Å². The molecule has 35 heavy (non-hydrogen) atoms. The summed E-state index contributed by atoms with van der Waals surface area (Å²) >= 11 is 6.26. The van der Waals surface area contributed by atoms with Crippen molar-refractivity contribution in [2.45, 2.75) is 45.6 Å². The number of Topliss-reactive ketones (excluding diaryl/α,β-unsaturated/α-hetero) is 1. The number of hydrogen-bond donors (Lipinski definition) is 3. The van der Waals surface area contributed by atoms with Crippen LogP contribution >= 0.6 is 11.6 Å². The molecule has 0 spiro atoms. The number of hydrogen-bond acceptors (Lipinski definition) is 6. The van der Waals surface area contributed by atoms with Gasteiger partial charge in [-0.05, 0) is 80.6 Å². The van der Waals surface area contributed by atoms with Crippen molar-refractivity contribution >= 4 is 34.0 Å². The van der Waals surface area contributed by atoms with Crippen LogP contribution in [0.1, 0.15) is 49.9 Å². The molecule has 1 aliphatic rings. The minimum absolute atomic E-state index is 0.0746. The third kappa shape index (κ3) is 5.39. The number of pyridine rings is 1. The second kappa shape index (κ2) is 10.8. The van der Waals surface area contributed by atoms with Gasteiger partial charge >= 0.3 is 0 Å². The Balaban J connectivity index is 1.78. The number of carbonyl (C=O) groups is 1. The number of nitrogens with zero attached hydrogens (tertiary/aromatic N) is 1. The Morgan fingerprint density at radius 1 is 1.17 bits per heavy atom. The number of methoxy groups -OCH3 is 1. The van der Waals surface area contributed by atoms with Gasteiger partial charge in [-0.15, -0.1) is 0 Å². The first-order valence-electron chi connectivity index (χ1n) is 12.3. The number of carbonyl (C=O) groups excluding carboxylic acids is 1. The number of aromatic hydroxyl groups is 1. The maximum Gasteiger partial charge on any atom is 0.176 e. The zero-order chi connectivity index (χ0) is 25.1. The predicted octanol–water partition coefficient (Wildman–Crippen LogP) is 6.30. The van der Waals surface area contributed by atoms with Gasteiger partial charge in [0.15, 0.2) is 17.3 Å². The number of halogens is 1. The first-order chi connectivity index (χ1) is 16.8. The van der Waals surface area contributed by atoms with Crippen LogP contribution in [0, 0.1) is 11.8 Å². The summed E-state index contributed by atoms with van der Waals surface area (Å²) in [5.41, 5.74) is 4.00. The smallest absolute Gasteiger partial charge is 0.176 e. The maximum absolute atomic E-state index is 13.2. The molecule has 2 aromatic carbocycles. The van der Waals surface area contributed by atoms with Crippen molar-refractivity contribution in [1.82, 2.24) is 10.3 Å². The van der Waals surface area contributed by atoms with Crippen molar-refractivity contribution in [3.05, 3.63) is 47.1 Å². The zero-order valence-electron chi connectivity index (χ0n) is 20.8. The van der Waals surface area contributed by atoms with Crippen molar-refractivity contribution in [3.8, 4) is 22.6 Å². The predicted molar refractivity (Wildman–Crippen MR) is 143 cm³/mol. The summed E-state index contributed by atoms with van der Waals surface area (Å²) in [4.78, 5) is 17.8. The van der Waals surface area contributed by atoms with Gasteiger partial charge in [0.2, 0.25) is 0 Å². The van der Waals surface area contributed by atoms with Crippen molar-refractivity contribution in [2.75, 3.05) is 26.0 Å². The summed E-state index contributed by atoms with van der Waals surface area (Å²) in [6.07, 6.45) is 6.16. The zero-order valence-corrected chi connectivity index (χ0v) is 21.6. The van der Waals surface area contributed by atoms with Crippen molar-refractivity contribution in [3.63, 3.8) is 0 Å². The molecular weight excluding hydrogens is 462 g/mol. The largest absolute Gasteiger partial charge is 0.503 e. The molecule has 0 amide bonds. The fourth-order valence-corrected chi connectivity index (χ4v) is 5.14. The van der Waals surface area contributed by atoms with E-state index in [-0.39, 0.29) is 22.5 Å². The molecule has 1 heterocycles. The molecule has 0 radical (unpaired) electrons. The first kappa shape index (κ1) is 25.3. The van der Waals surface area contributed by atoms with Gasteiger partial charge in [-0.25, -0.2) is 0 Å². The molecule has 4 rings (SSSR count). The molecule has 0 aliphatic heterocycles. The SMILES string of the molecule is CNCC1CCC(Nc2c(C(=O)C(C)C)cnc3ccc(-c4cc(Cl)c(O)c(OC)c4)cc23)CC1. The van der Waals surface area contributed by atoms with E-state index in [1.165, 1.54) is 7.11 Å². The fourth-order valence-electron chi connectivity index (χ4n) is 4.93. The van der Waals surface area contributed by atoms with Crippen LogP contribution in [0.25, 0.3) is 22.0 Å². The highest BCUT2D eigenvalue weighted by Gasteiger charge is 2.25. The van der Waals surface area contributed by atoms with E-state index in [2.05, 4.69) is 15.6 Å². The molecule has 0 bridgehead atoms. The lowest BCUT2D eigenvalue weighted by Crippen LogP contribution is -2.30. The van der Waals surface area contributed by atoms with E-state index in [0.717, 1.165) is 59.9 Å². The van der Waals surface area contributed by atoms with Gasteiger partial charge in [0.05, 0.1) is 28.9 Å². The molecule has 3 N–H and O–H groups in total. The Morgan fingerprint density at radius 3 is 2.57 bits per heavy atom. The third-order valence-corrected chi connectivity index (χ3v) is 7.22. The summed E-state index contributed by atoms with van der Waals surface area (Å²) in [5, 5.41) is 18.3. The van der Waals surface area contributed by atoms with Gasteiger partial charge in [-0.1, -0.05) is 31.5 Å². The Bertz CT molecular complexity index is 1220. The molecule has 6 nitrogen and oxygen atoms in total. The topological polar surface area (TPSA) is 83.5 Å². The van der Waals surface area contributed by atoms with Crippen molar-refractivity contribution in [1.29, 1.82) is 0 Å². The number of anilines is 1. The van der Waals surface area contributed by atoms with E-state index in [0.29, 0.717) is 23.3 Å². The first-order valence-corrected chi connectivity index (χ1v) is 12.6. The Labute approximate surface area is 212 Å². The summed E-state index contributed by atoms with van der Waals surface area (Å²) in [6, 6.07) is 9.74. The van der Waals surface area contributed by atoms with Gasteiger partial charge in [-0.2, -0.15) is 0 Å². The fraction of sp³-hybridized carbons (Fsp3) is 0.429. The lowest BCUT2D eigenvalue weighted by Gasteiger charge is -2.30. The third-order valence-electron chi connectivity index (χ3n) is 6.93. The number of phenolic OH excluding ortho intramolecular Hbond substituents is 1. The van der Waals surface area contributed by atoms with Crippen LogP contribution in [-0.4, -0.2) is 42.6 Å². The number of fused-ring (bicyclic) bond motifs is 1. The van der Waals surface area contributed by atoms with Crippen molar-refractivity contribution in [2.24, 2.45) is 11.8 Å². The second-order valence-corrected chi connectivity index (χ2v) is 10.1. The van der Waals surface area contributed by atoms with Gasteiger partial charge < -0.3 is 20.5 Å². The van der Waals surface area contributed by atoms with Crippen LogP contribution in [0.3, 0.4) is 0 Å². The van der Waals surface area contributed by atoms with E-state index < -0.39 is 0 Å². The average molecular weight is 496 g/mol. The van der Waals surface area contributed by atoms with E-state index in [1.54, 1.807) is 18.3 Å². The molecule has 0 atom stereocenters. The highest BCUT2D eigenvalue weighted by molar-refractivity contribution is 6.32. The highest BCUT2D eigenvalue weighted by atomic mass is 35.5. The van der Waals surface area contributed by atoms with E-state index in [4.69, 9.17) is 16.3 Å². The number of nitrogens with one attached hydrogen (secondary N) is 2. The number of aromatic nitrogens is 1. The van der Waals surface area contributed by atoms with Gasteiger partial charge in [0, 0.05) is 23.5 Å². The standard InChI is InChI=1S/C28H34ClN3O3/c1-16(2)27(33)22-15-31-24-10-7-18(19-12-23(29)28(34)25(13-19)35-4)11-21(24)26(22)32-20-8-5-17(6-9-20)14-30-3/h7,10-13,15-17,20,30,34H,5-6,8-9,14H2,1-4H3,(H,31,32). The average Bonchev–Trinajstić information content (AvgIpc) is 2.86. The molecule has 1 saturated carbocycles. The minimum Gasteiger partial charge on any atom is -0.503 e. The number of ether oxygens (including phenoxy) is 1. The number of rotatable bonds is 8. The number of benzene rings is 2. The molecule has 1 aromatic heterocycles. The van der Waals surface area contributed by atoms with E-state index in [9.17, 15) is 9.90 Å². The number of phenols is 1. The van der Waals surface area contributed by atoms with E-state index in [1.807, 2.05) is 39.1 Å². The summed E-state index contributed by atoms with van der Waals surface area (Å²) in [5.74, 6) is 0.868. The molecule has 3 aromatic rings. The summed E-state index contributed by atoms with van der Waals surface area (Å²) in [7, 11) is 3.50. The Kier molecular flexibility index (Phi) is 7.82. The Hall–Kier alpha value is -2.83. The molecule has 7 heteroatoms. The normalized spacial score (nSPS) is 18.1. The van der Waals surface area contributed by atoms with Crippen LogP contribution in [0.5, 0.6) is 11.5 Å². The lowest BCUT2D eigenvalue weighted by molar-refractivity contribution is 0.0940. The van der Waals surface area contributed by atoms with Crippen LogP contribution < -0.4 is 15.4 Å². The Morgan fingerprint density at radius 2 is 1.91 bits per heavy atom. The molecule has 1 aliphatic carbocycles. The second-order valence-electron chi connectivity index (χ2n) is 9.73. The van der Waals surface area contributed by atoms with Gasteiger partial charge in [0.25, 0.3) is 0 Å². The monoisotopic (exact) mass is 495 g/mol. The summed E-state index contributed by atoms with van der Waals surface area (Å²) in [6.45, 7) is 4.88. The minimum atomic E-state index is -0.135. The van der Waals surface area contributed by atoms with Crippen molar-refractivity contribution < 1.29 is 14.6 Å². The van der Waals surface area contributed by atoms with Crippen LogP contribution in [0.2, 0.25) is 5.02 Å². The number of ketones is 1. The highest BCUT2D eigenvalue weighted by Crippen LogP contribution is 2.40.